The molecule has 2 rings (SSSR count). The van der Waals surface area contributed by atoms with Gasteiger partial charge in [0.15, 0.2) is 0 Å². The Morgan fingerprint density at radius 3 is 2.83 bits per heavy atom. The van der Waals surface area contributed by atoms with Crippen molar-refractivity contribution < 1.29 is 4.74 Å². The molecule has 0 amide bonds. The molecule has 1 aromatic rings. The smallest absolute Gasteiger partial charge is 0.133 e. The van der Waals surface area contributed by atoms with Crippen molar-refractivity contribution in [1.82, 2.24) is 10.2 Å². The predicted molar refractivity (Wildman–Crippen MR) is 78.1 cm³/mol. The SMILES string of the molecule is COc1ccc(C(C)NC2CCN(C)C2)cc1Br. The molecule has 4 heteroatoms. The van der Waals surface area contributed by atoms with Gasteiger partial charge in [0.1, 0.15) is 5.75 Å². The highest BCUT2D eigenvalue weighted by molar-refractivity contribution is 9.10. The zero-order valence-electron chi connectivity index (χ0n) is 11.2. The minimum Gasteiger partial charge on any atom is -0.496 e. The first-order valence-electron chi connectivity index (χ1n) is 6.38. The first kappa shape index (κ1) is 13.8. The molecule has 2 atom stereocenters. The van der Waals surface area contributed by atoms with Crippen molar-refractivity contribution in [3.05, 3.63) is 28.2 Å². The summed E-state index contributed by atoms with van der Waals surface area (Å²) in [4.78, 5) is 2.37. The number of likely N-dealkylation sites (N-methyl/N-ethyl adjacent to an activating group) is 1. The highest BCUT2D eigenvalue weighted by atomic mass is 79.9. The van der Waals surface area contributed by atoms with Crippen molar-refractivity contribution in [2.75, 3.05) is 27.2 Å². The lowest BCUT2D eigenvalue weighted by atomic mass is 10.1. The topological polar surface area (TPSA) is 24.5 Å². The maximum Gasteiger partial charge on any atom is 0.133 e. The average Bonchev–Trinajstić information content (AvgIpc) is 2.74. The zero-order chi connectivity index (χ0) is 13.1. The van der Waals surface area contributed by atoms with Crippen LogP contribution in [0.5, 0.6) is 5.75 Å². The molecular formula is C14H21BrN2O. The Labute approximate surface area is 118 Å². The largest absolute Gasteiger partial charge is 0.496 e. The fourth-order valence-electron chi connectivity index (χ4n) is 2.47. The number of methoxy groups -OCH3 is 1. The van der Waals surface area contributed by atoms with Gasteiger partial charge in [-0.3, -0.25) is 0 Å². The average molecular weight is 313 g/mol. The van der Waals surface area contributed by atoms with Gasteiger partial charge in [-0.2, -0.15) is 0 Å². The van der Waals surface area contributed by atoms with E-state index < -0.39 is 0 Å². The first-order chi connectivity index (χ1) is 8.60. The molecule has 3 nitrogen and oxygen atoms in total. The molecule has 100 valence electrons. The highest BCUT2D eigenvalue weighted by Gasteiger charge is 2.21. The first-order valence-corrected chi connectivity index (χ1v) is 7.17. The second kappa shape index (κ2) is 6.04. The van der Waals surface area contributed by atoms with Gasteiger partial charge in [-0.25, -0.2) is 0 Å². The van der Waals surface area contributed by atoms with Crippen molar-refractivity contribution in [3.8, 4) is 5.75 Å². The van der Waals surface area contributed by atoms with E-state index in [9.17, 15) is 0 Å². The summed E-state index contributed by atoms with van der Waals surface area (Å²) in [7, 11) is 3.87. The van der Waals surface area contributed by atoms with Crippen LogP contribution in [-0.2, 0) is 0 Å². The number of hydrogen-bond acceptors (Lipinski definition) is 3. The van der Waals surface area contributed by atoms with Crippen LogP contribution in [0.2, 0.25) is 0 Å². The molecule has 1 aliphatic rings. The fraction of sp³-hybridized carbons (Fsp3) is 0.571. The highest BCUT2D eigenvalue weighted by Crippen LogP contribution is 2.28. The van der Waals surface area contributed by atoms with E-state index in [0.29, 0.717) is 12.1 Å². The standard InChI is InChI=1S/C14H21BrN2O/c1-10(16-12-6-7-17(2)9-12)11-4-5-14(18-3)13(15)8-11/h4-5,8,10,12,16H,6-7,9H2,1-3H3. The van der Waals surface area contributed by atoms with Gasteiger partial charge in [0.25, 0.3) is 0 Å². The molecule has 0 spiro atoms. The zero-order valence-corrected chi connectivity index (χ0v) is 12.8. The number of likely N-dealkylation sites (tertiary alicyclic amines) is 1. The van der Waals surface area contributed by atoms with Crippen LogP contribution in [0, 0.1) is 0 Å². The van der Waals surface area contributed by atoms with Gasteiger partial charge >= 0.3 is 0 Å². The summed E-state index contributed by atoms with van der Waals surface area (Å²) in [6.45, 7) is 4.55. The molecule has 2 unspecified atom stereocenters. The number of nitrogens with zero attached hydrogens (tertiary/aromatic N) is 1. The van der Waals surface area contributed by atoms with Gasteiger partial charge in [0.05, 0.1) is 11.6 Å². The van der Waals surface area contributed by atoms with E-state index >= 15 is 0 Å². The van der Waals surface area contributed by atoms with Crippen molar-refractivity contribution in [3.63, 3.8) is 0 Å². The summed E-state index contributed by atoms with van der Waals surface area (Å²) in [5.74, 6) is 0.881. The van der Waals surface area contributed by atoms with Crippen molar-refractivity contribution in [1.29, 1.82) is 0 Å². The number of nitrogens with one attached hydrogen (secondary N) is 1. The third-order valence-corrected chi connectivity index (χ3v) is 4.17. The molecule has 1 aromatic carbocycles. The van der Waals surface area contributed by atoms with E-state index in [4.69, 9.17) is 4.74 Å². The Balaban J connectivity index is 2.00. The lowest BCUT2D eigenvalue weighted by molar-refractivity contribution is 0.386. The number of rotatable bonds is 4. The number of halogens is 1. The second-order valence-electron chi connectivity index (χ2n) is 5.03. The summed E-state index contributed by atoms with van der Waals surface area (Å²) in [5, 5.41) is 3.69. The van der Waals surface area contributed by atoms with Crippen molar-refractivity contribution in [2.45, 2.75) is 25.4 Å². The van der Waals surface area contributed by atoms with E-state index in [1.54, 1.807) is 7.11 Å². The van der Waals surface area contributed by atoms with Crippen LogP contribution in [0.3, 0.4) is 0 Å². The molecule has 1 fully saturated rings. The molecule has 18 heavy (non-hydrogen) atoms. The lowest BCUT2D eigenvalue weighted by Gasteiger charge is -2.20. The quantitative estimate of drug-likeness (QED) is 0.925. The van der Waals surface area contributed by atoms with Crippen LogP contribution < -0.4 is 10.1 Å². The van der Waals surface area contributed by atoms with Crippen LogP contribution >= 0.6 is 15.9 Å². The molecule has 0 radical (unpaired) electrons. The Morgan fingerprint density at radius 2 is 2.28 bits per heavy atom. The van der Waals surface area contributed by atoms with Gasteiger partial charge in [-0.05, 0) is 60.6 Å². The Morgan fingerprint density at radius 1 is 1.50 bits per heavy atom. The summed E-state index contributed by atoms with van der Waals surface area (Å²) >= 11 is 3.54. The molecule has 1 heterocycles. The minimum atomic E-state index is 0.365. The summed E-state index contributed by atoms with van der Waals surface area (Å²) in [6, 6.07) is 7.24. The predicted octanol–water partition coefficient (Wildman–Crippen LogP) is 2.81. The minimum absolute atomic E-state index is 0.365. The lowest BCUT2D eigenvalue weighted by Crippen LogP contribution is -2.33. The van der Waals surface area contributed by atoms with Crippen LogP contribution in [0.4, 0.5) is 0 Å². The van der Waals surface area contributed by atoms with Crippen molar-refractivity contribution >= 4 is 15.9 Å². The third-order valence-electron chi connectivity index (χ3n) is 3.55. The van der Waals surface area contributed by atoms with Crippen LogP contribution in [0.25, 0.3) is 0 Å². The molecule has 0 saturated carbocycles. The summed E-state index contributed by atoms with van der Waals surface area (Å²) in [5.41, 5.74) is 1.29. The van der Waals surface area contributed by atoms with Gasteiger partial charge in [0.2, 0.25) is 0 Å². The van der Waals surface area contributed by atoms with E-state index in [1.807, 2.05) is 6.07 Å². The summed E-state index contributed by atoms with van der Waals surface area (Å²) < 4.78 is 6.27. The fourth-order valence-corrected chi connectivity index (χ4v) is 3.03. The third kappa shape index (κ3) is 3.25. The maximum atomic E-state index is 5.25. The van der Waals surface area contributed by atoms with Crippen molar-refractivity contribution in [2.24, 2.45) is 0 Å². The van der Waals surface area contributed by atoms with Gasteiger partial charge in [0, 0.05) is 18.6 Å². The van der Waals surface area contributed by atoms with E-state index in [2.05, 4.69) is 52.3 Å². The van der Waals surface area contributed by atoms with E-state index in [0.717, 1.165) is 16.8 Å². The van der Waals surface area contributed by atoms with Gasteiger partial charge in [-0.1, -0.05) is 6.07 Å². The van der Waals surface area contributed by atoms with Crippen LogP contribution in [0.1, 0.15) is 24.9 Å². The molecule has 0 aromatic heterocycles. The number of benzene rings is 1. The van der Waals surface area contributed by atoms with E-state index in [-0.39, 0.29) is 0 Å². The molecule has 1 saturated heterocycles. The molecule has 1 N–H and O–H groups in total. The molecule has 0 bridgehead atoms. The van der Waals surface area contributed by atoms with Crippen LogP contribution in [-0.4, -0.2) is 38.2 Å². The normalized spacial score (nSPS) is 22.1. The number of ether oxygens (including phenoxy) is 1. The Kier molecular flexibility index (Phi) is 4.65. The van der Waals surface area contributed by atoms with Crippen LogP contribution in [0.15, 0.2) is 22.7 Å². The van der Waals surface area contributed by atoms with Gasteiger partial charge < -0.3 is 15.0 Å². The number of hydrogen-bond donors (Lipinski definition) is 1. The molecule has 1 aliphatic heterocycles. The van der Waals surface area contributed by atoms with Gasteiger partial charge in [-0.15, -0.1) is 0 Å². The second-order valence-corrected chi connectivity index (χ2v) is 5.88. The van der Waals surface area contributed by atoms with E-state index in [1.165, 1.54) is 18.5 Å². The monoisotopic (exact) mass is 312 g/mol. The Bertz CT molecular complexity index is 411. The molecular weight excluding hydrogens is 292 g/mol. The maximum absolute atomic E-state index is 5.25. The molecule has 0 aliphatic carbocycles. The Hall–Kier alpha value is -0.580. The summed E-state index contributed by atoms with van der Waals surface area (Å²) in [6.07, 6.45) is 1.23.